The van der Waals surface area contributed by atoms with E-state index in [2.05, 4.69) is 33.5 Å². The number of H-pyrrole nitrogens is 1. The van der Waals surface area contributed by atoms with Crippen molar-refractivity contribution in [3.63, 3.8) is 0 Å². The van der Waals surface area contributed by atoms with Crippen molar-refractivity contribution in [3.05, 3.63) is 4.77 Å². The average Bonchev–Trinajstić information content (AvgIpc) is 2.72. The molecule has 18 heavy (non-hydrogen) atoms. The van der Waals surface area contributed by atoms with E-state index in [4.69, 9.17) is 17.0 Å². The molecular formula is C12H22N4OS. The highest BCUT2D eigenvalue weighted by atomic mass is 32.1. The summed E-state index contributed by atoms with van der Waals surface area (Å²) in [5, 5.41) is 7.29. The second-order valence-corrected chi connectivity index (χ2v) is 5.59. The number of methoxy groups -OCH3 is 1. The highest BCUT2D eigenvalue weighted by molar-refractivity contribution is 7.71. The third-order valence-electron chi connectivity index (χ3n) is 3.41. The Kier molecular flexibility index (Phi) is 4.40. The number of anilines is 1. The number of hydrogen-bond donors (Lipinski definition) is 1. The van der Waals surface area contributed by atoms with Crippen LogP contribution in [0.15, 0.2) is 0 Å². The van der Waals surface area contributed by atoms with Crippen LogP contribution in [0.2, 0.25) is 0 Å². The largest absolute Gasteiger partial charge is 0.384 e. The minimum absolute atomic E-state index is 0.328. The lowest BCUT2D eigenvalue weighted by molar-refractivity contribution is 0.142. The van der Waals surface area contributed by atoms with Gasteiger partial charge in [-0.3, -0.25) is 4.57 Å². The first kappa shape index (κ1) is 13.5. The molecule has 0 radical (unpaired) electrons. The predicted octanol–water partition coefficient (Wildman–Crippen LogP) is 2.38. The highest BCUT2D eigenvalue weighted by Gasteiger charge is 2.24. The van der Waals surface area contributed by atoms with Gasteiger partial charge in [0.05, 0.1) is 6.61 Å². The Morgan fingerprint density at radius 2 is 2.33 bits per heavy atom. The summed E-state index contributed by atoms with van der Waals surface area (Å²) in [6.07, 6.45) is 2.42. The minimum Gasteiger partial charge on any atom is -0.384 e. The lowest BCUT2D eigenvalue weighted by Gasteiger charge is -2.33. The lowest BCUT2D eigenvalue weighted by Crippen LogP contribution is -2.38. The van der Waals surface area contributed by atoms with E-state index in [0.717, 1.165) is 25.6 Å². The molecule has 1 saturated heterocycles. The maximum atomic E-state index is 5.29. The normalized spacial score (nSPS) is 20.7. The third kappa shape index (κ3) is 2.75. The summed E-state index contributed by atoms with van der Waals surface area (Å²) in [6.45, 7) is 7.13. The van der Waals surface area contributed by atoms with Gasteiger partial charge in [-0.1, -0.05) is 0 Å². The highest BCUT2D eigenvalue weighted by Crippen LogP contribution is 2.24. The first-order chi connectivity index (χ1) is 8.63. The zero-order valence-corrected chi connectivity index (χ0v) is 12.2. The first-order valence-electron chi connectivity index (χ1n) is 6.54. The molecule has 0 spiro atoms. The van der Waals surface area contributed by atoms with Crippen molar-refractivity contribution in [3.8, 4) is 0 Å². The molecule has 0 aliphatic carbocycles. The summed E-state index contributed by atoms with van der Waals surface area (Å²) in [5.41, 5.74) is 0. The number of aromatic nitrogens is 3. The molecule has 1 aromatic heterocycles. The number of hydrogen-bond acceptors (Lipinski definition) is 4. The smallest absolute Gasteiger partial charge is 0.225 e. The number of aromatic amines is 1. The zero-order valence-electron chi connectivity index (χ0n) is 11.3. The maximum absolute atomic E-state index is 5.29. The Hall–Kier alpha value is -0.880. The molecule has 1 unspecified atom stereocenters. The monoisotopic (exact) mass is 270 g/mol. The van der Waals surface area contributed by atoms with Gasteiger partial charge < -0.3 is 9.64 Å². The van der Waals surface area contributed by atoms with Crippen LogP contribution in [-0.2, 0) is 4.74 Å². The van der Waals surface area contributed by atoms with Gasteiger partial charge in [-0.25, -0.2) is 5.10 Å². The molecule has 1 N–H and O–H groups in total. The summed E-state index contributed by atoms with van der Waals surface area (Å²) < 4.78 is 8.06. The molecule has 0 bridgehead atoms. The zero-order chi connectivity index (χ0) is 13.1. The molecular weight excluding hydrogens is 248 g/mol. The molecule has 102 valence electrons. The predicted molar refractivity (Wildman–Crippen MR) is 74.6 cm³/mol. The van der Waals surface area contributed by atoms with Crippen LogP contribution in [0.4, 0.5) is 5.95 Å². The van der Waals surface area contributed by atoms with E-state index >= 15 is 0 Å². The molecule has 0 amide bonds. The van der Waals surface area contributed by atoms with Crippen molar-refractivity contribution >= 4 is 18.2 Å². The van der Waals surface area contributed by atoms with Gasteiger partial charge in [-0.05, 0) is 44.8 Å². The molecule has 2 rings (SSSR count). The third-order valence-corrected chi connectivity index (χ3v) is 3.69. The van der Waals surface area contributed by atoms with Crippen LogP contribution >= 0.6 is 12.2 Å². The molecule has 1 aliphatic heterocycles. The minimum atomic E-state index is 0.328. The molecule has 2 heterocycles. The molecule has 1 atom stereocenters. The Labute approximate surface area is 113 Å². The van der Waals surface area contributed by atoms with Crippen molar-refractivity contribution < 1.29 is 4.74 Å². The Balaban J connectivity index is 2.18. The van der Waals surface area contributed by atoms with E-state index < -0.39 is 0 Å². The molecule has 0 saturated carbocycles. The van der Waals surface area contributed by atoms with E-state index in [-0.39, 0.29) is 0 Å². The summed E-state index contributed by atoms with van der Waals surface area (Å²) in [7, 11) is 1.77. The van der Waals surface area contributed by atoms with Gasteiger partial charge in [0, 0.05) is 26.2 Å². The SMILES string of the molecule is COCC1CCCN(c2n[nH]c(=S)n2C(C)C)C1. The van der Waals surface area contributed by atoms with Crippen molar-refractivity contribution in [1.29, 1.82) is 0 Å². The van der Waals surface area contributed by atoms with Gasteiger partial charge in [0.15, 0.2) is 4.77 Å². The van der Waals surface area contributed by atoms with Crippen LogP contribution in [0.25, 0.3) is 0 Å². The van der Waals surface area contributed by atoms with Crippen LogP contribution in [0.5, 0.6) is 0 Å². The topological polar surface area (TPSA) is 46.1 Å². The molecule has 1 aliphatic rings. The number of nitrogens with zero attached hydrogens (tertiary/aromatic N) is 3. The van der Waals surface area contributed by atoms with Crippen LogP contribution in [0, 0.1) is 10.7 Å². The van der Waals surface area contributed by atoms with Crippen molar-refractivity contribution in [2.45, 2.75) is 32.7 Å². The Bertz CT molecular complexity index is 438. The van der Waals surface area contributed by atoms with Crippen LogP contribution in [0.3, 0.4) is 0 Å². The van der Waals surface area contributed by atoms with Crippen LogP contribution in [0.1, 0.15) is 32.7 Å². The number of nitrogens with one attached hydrogen (secondary N) is 1. The first-order valence-corrected chi connectivity index (χ1v) is 6.95. The quantitative estimate of drug-likeness (QED) is 0.853. The molecule has 1 fully saturated rings. The number of rotatable bonds is 4. The summed E-state index contributed by atoms with van der Waals surface area (Å²) in [5.74, 6) is 1.56. The average molecular weight is 270 g/mol. The van der Waals surface area contributed by atoms with E-state index in [9.17, 15) is 0 Å². The molecule has 0 aromatic carbocycles. The van der Waals surface area contributed by atoms with Gasteiger partial charge in [0.1, 0.15) is 0 Å². The molecule has 5 nitrogen and oxygen atoms in total. The number of ether oxygens (including phenoxy) is 1. The van der Waals surface area contributed by atoms with Gasteiger partial charge in [0.2, 0.25) is 5.95 Å². The van der Waals surface area contributed by atoms with Gasteiger partial charge in [-0.15, -0.1) is 5.10 Å². The van der Waals surface area contributed by atoms with Crippen molar-refractivity contribution in [2.75, 3.05) is 31.7 Å². The Morgan fingerprint density at radius 1 is 1.56 bits per heavy atom. The Morgan fingerprint density at radius 3 is 3.00 bits per heavy atom. The van der Waals surface area contributed by atoms with E-state index in [0.29, 0.717) is 16.7 Å². The maximum Gasteiger partial charge on any atom is 0.225 e. The fourth-order valence-corrected chi connectivity index (χ4v) is 2.94. The van der Waals surface area contributed by atoms with Crippen molar-refractivity contribution in [1.82, 2.24) is 14.8 Å². The van der Waals surface area contributed by atoms with E-state index in [1.54, 1.807) is 7.11 Å². The fourth-order valence-electron chi connectivity index (χ4n) is 2.60. The van der Waals surface area contributed by atoms with E-state index in [1.165, 1.54) is 12.8 Å². The summed E-state index contributed by atoms with van der Waals surface area (Å²) in [4.78, 5) is 2.32. The number of piperidine rings is 1. The fraction of sp³-hybridized carbons (Fsp3) is 0.833. The van der Waals surface area contributed by atoms with E-state index in [1.807, 2.05) is 0 Å². The van der Waals surface area contributed by atoms with Crippen molar-refractivity contribution in [2.24, 2.45) is 5.92 Å². The molecule has 1 aromatic rings. The lowest BCUT2D eigenvalue weighted by atomic mass is 9.99. The van der Waals surface area contributed by atoms with Gasteiger partial charge in [-0.2, -0.15) is 0 Å². The van der Waals surface area contributed by atoms with Crippen LogP contribution in [-0.4, -0.2) is 41.6 Å². The standard InChI is InChI=1S/C12H22N4OS/c1-9(2)16-11(13-14-12(16)18)15-6-4-5-10(7-15)8-17-3/h9-10H,4-8H2,1-3H3,(H,14,18). The summed E-state index contributed by atoms with van der Waals surface area (Å²) in [6, 6.07) is 0.328. The second-order valence-electron chi connectivity index (χ2n) is 5.20. The second kappa shape index (κ2) is 5.84. The van der Waals surface area contributed by atoms with Gasteiger partial charge >= 0.3 is 0 Å². The summed E-state index contributed by atoms with van der Waals surface area (Å²) >= 11 is 5.29. The van der Waals surface area contributed by atoms with Crippen LogP contribution < -0.4 is 4.90 Å². The molecule has 6 heteroatoms. The van der Waals surface area contributed by atoms with Gasteiger partial charge in [0.25, 0.3) is 0 Å².